The second-order valence-corrected chi connectivity index (χ2v) is 8.23. The maximum Gasteiger partial charge on any atom is 0.407 e. The summed E-state index contributed by atoms with van der Waals surface area (Å²) in [5, 5.41) is 2.66. The third-order valence-corrected chi connectivity index (χ3v) is 4.26. The predicted octanol–water partition coefficient (Wildman–Crippen LogP) is 3.12. The van der Waals surface area contributed by atoms with Gasteiger partial charge in [0, 0.05) is 6.54 Å². The molecule has 0 aliphatic heterocycles. The molecule has 0 spiro atoms. The average molecular weight is 437 g/mol. The van der Waals surface area contributed by atoms with E-state index in [1.807, 2.05) is 30.3 Å². The molecule has 0 unspecified atom stereocenters. The Labute approximate surface area is 184 Å². The molecule has 8 nitrogen and oxygen atoms in total. The van der Waals surface area contributed by atoms with Gasteiger partial charge in [0.25, 0.3) is 0 Å². The number of ether oxygens (including phenoxy) is 3. The molecule has 8 heteroatoms. The Morgan fingerprint density at radius 1 is 1.03 bits per heavy atom. The van der Waals surface area contributed by atoms with Crippen LogP contribution in [0.1, 0.15) is 58.9 Å². The molecule has 1 aromatic carbocycles. The summed E-state index contributed by atoms with van der Waals surface area (Å²) in [6.07, 6.45) is 1.04. The van der Waals surface area contributed by atoms with Crippen molar-refractivity contribution in [3.63, 3.8) is 0 Å². The van der Waals surface area contributed by atoms with E-state index in [1.165, 1.54) is 0 Å². The van der Waals surface area contributed by atoms with Crippen LogP contribution in [0, 0.1) is 0 Å². The Bertz CT molecular complexity index is 687. The van der Waals surface area contributed by atoms with E-state index in [9.17, 15) is 14.4 Å². The van der Waals surface area contributed by atoms with Gasteiger partial charge in [-0.15, -0.1) is 0 Å². The maximum atomic E-state index is 12.4. The van der Waals surface area contributed by atoms with Gasteiger partial charge >= 0.3 is 18.0 Å². The molecule has 0 bridgehead atoms. The van der Waals surface area contributed by atoms with Gasteiger partial charge in [-0.25, -0.2) is 9.59 Å². The van der Waals surface area contributed by atoms with Crippen LogP contribution in [0.2, 0.25) is 0 Å². The molecule has 0 radical (unpaired) electrons. The predicted molar refractivity (Wildman–Crippen MR) is 117 cm³/mol. The van der Waals surface area contributed by atoms with Crippen LogP contribution in [-0.4, -0.2) is 48.9 Å². The standard InChI is InChI=1S/C23H36N2O6/c1-5-29-21(27)19(15-14-17-11-7-6-8-12-17)30-20(26)18(24)13-9-10-16-25-22(28)31-23(2,3)4/h6-8,11-12,18-19H,5,9-10,13-16,24H2,1-4H3,(H,25,28)/t18-,19-/m0/s1. The van der Waals surface area contributed by atoms with Crippen LogP contribution in [0.25, 0.3) is 0 Å². The van der Waals surface area contributed by atoms with Gasteiger partial charge in [0.1, 0.15) is 11.6 Å². The molecule has 1 amide bonds. The molecule has 0 heterocycles. The molecular weight excluding hydrogens is 400 g/mol. The van der Waals surface area contributed by atoms with E-state index in [-0.39, 0.29) is 6.61 Å². The van der Waals surface area contributed by atoms with Crippen molar-refractivity contribution in [2.24, 2.45) is 5.73 Å². The zero-order valence-corrected chi connectivity index (χ0v) is 19.0. The van der Waals surface area contributed by atoms with Crippen LogP contribution in [-0.2, 0) is 30.2 Å². The molecule has 3 N–H and O–H groups in total. The topological polar surface area (TPSA) is 117 Å². The van der Waals surface area contributed by atoms with Gasteiger partial charge in [-0.1, -0.05) is 30.3 Å². The number of unbranched alkanes of at least 4 members (excludes halogenated alkanes) is 1. The maximum absolute atomic E-state index is 12.4. The van der Waals surface area contributed by atoms with Gasteiger partial charge in [-0.05, 0) is 65.4 Å². The van der Waals surface area contributed by atoms with Crippen molar-refractivity contribution in [1.82, 2.24) is 5.32 Å². The van der Waals surface area contributed by atoms with Crippen LogP contribution in [0.4, 0.5) is 4.79 Å². The zero-order chi connectivity index (χ0) is 23.3. The molecule has 0 aliphatic carbocycles. The fraction of sp³-hybridized carbons (Fsp3) is 0.609. The number of nitrogens with one attached hydrogen (secondary N) is 1. The smallest absolute Gasteiger partial charge is 0.407 e. The molecule has 174 valence electrons. The number of nitrogens with two attached hydrogens (primary N) is 1. The highest BCUT2D eigenvalue weighted by atomic mass is 16.6. The van der Waals surface area contributed by atoms with Crippen molar-refractivity contribution >= 4 is 18.0 Å². The summed E-state index contributed by atoms with van der Waals surface area (Å²) in [6, 6.07) is 8.77. The van der Waals surface area contributed by atoms with Gasteiger partial charge in [-0.3, -0.25) is 4.79 Å². The van der Waals surface area contributed by atoms with Gasteiger partial charge in [0.15, 0.2) is 6.10 Å². The van der Waals surface area contributed by atoms with E-state index in [0.717, 1.165) is 5.56 Å². The highest BCUT2D eigenvalue weighted by Gasteiger charge is 2.27. The van der Waals surface area contributed by atoms with Crippen LogP contribution in [0.15, 0.2) is 30.3 Å². The summed E-state index contributed by atoms with van der Waals surface area (Å²) in [5.74, 6) is -1.20. The van der Waals surface area contributed by atoms with Crippen molar-refractivity contribution in [2.75, 3.05) is 13.2 Å². The number of hydrogen-bond acceptors (Lipinski definition) is 7. The van der Waals surface area contributed by atoms with Crippen molar-refractivity contribution in [1.29, 1.82) is 0 Å². The molecule has 0 aliphatic rings. The van der Waals surface area contributed by atoms with Crippen molar-refractivity contribution in [2.45, 2.75) is 77.5 Å². The number of aryl methyl sites for hydroxylation is 1. The molecular formula is C23H36N2O6. The number of esters is 2. The SMILES string of the molecule is CCOC(=O)[C@H](CCc1ccccc1)OC(=O)[C@@H](N)CCCCNC(=O)OC(C)(C)C. The van der Waals surface area contributed by atoms with Gasteiger partial charge < -0.3 is 25.3 Å². The lowest BCUT2D eigenvalue weighted by Gasteiger charge is -2.20. The number of benzene rings is 1. The fourth-order valence-electron chi connectivity index (χ4n) is 2.74. The van der Waals surface area contributed by atoms with Crippen molar-refractivity contribution < 1.29 is 28.6 Å². The van der Waals surface area contributed by atoms with Crippen LogP contribution in [0.5, 0.6) is 0 Å². The van der Waals surface area contributed by atoms with E-state index < -0.39 is 35.8 Å². The molecule has 0 fully saturated rings. The first-order valence-electron chi connectivity index (χ1n) is 10.8. The van der Waals surface area contributed by atoms with Gasteiger partial charge in [0.05, 0.1) is 6.61 Å². The molecule has 0 saturated carbocycles. The first-order valence-corrected chi connectivity index (χ1v) is 10.8. The number of carbonyl (C=O) groups excluding carboxylic acids is 3. The normalized spacial score (nSPS) is 13.1. The van der Waals surface area contributed by atoms with Crippen molar-refractivity contribution in [3.8, 4) is 0 Å². The third-order valence-electron chi connectivity index (χ3n) is 4.26. The molecule has 1 rings (SSSR count). The average Bonchev–Trinajstić information content (AvgIpc) is 2.70. The van der Waals surface area contributed by atoms with E-state index in [4.69, 9.17) is 19.9 Å². The lowest BCUT2D eigenvalue weighted by molar-refractivity contribution is -0.169. The largest absolute Gasteiger partial charge is 0.463 e. The summed E-state index contributed by atoms with van der Waals surface area (Å²) in [7, 11) is 0. The summed E-state index contributed by atoms with van der Waals surface area (Å²) >= 11 is 0. The second-order valence-electron chi connectivity index (χ2n) is 8.23. The third kappa shape index (κ3) is 12.0. The Balaban J connectivity index is 2.41. The van der Waals surface area contributed by atoms with Crippen molar-refractivity contribution in [3.05, 3.63) is 35.9 Å². The van der Waals surface area contributed by atoms with Crippen LogP contribution < -0.4 is 11.1 Å². The Kier molecular flexibility index (Phi) is 11.6. The minimum absolute atomic E-state index is 0.203. The number of amides is 1. The summed E-state index contributed by atoms with van der Waals surface area (Å²) < 4.78 is 15.6. The van der Waals surface area contributed by atoms with Gasteiger partial charge in [-0.2, -0.15) is 0 Å². The number of hydrogen-bond donors (Lipinski definition) is 2. The summed E-state index contributed by atoms with van der Waals surface area (Å²) in [5.41, 5.74) is 6.42. The molecule has 0 aromatic heterocycles. The summed E-state index contributed by atoms with van der Waals surface area (Å²) in [4.78, 5) is 36.1. The van der Waals surface area contributed by atoms with E-state index in [2.05, 4.69) is 5.32 Å². The first-order chi connectivity index (χ1) is 14.6. The quantitative estimate of drug-likeness (QED) is 0.294. The molecule has 0 saturated heterocycles. The minimum Gasteiger partial charge on any atom is -0.463 e. The van der Waals surface area contributed by atoms with E-state index >= 15 is 0 Å². The molecule has 31 heavy (non-hydrogen) atoms. The van der Waals surface area contributed by atoms with E-state index in [0.29, 0.717) is 38.6 Å². The highest BCUT2D eigenvalue weighted by Crippen LogP contribution is 2.12. The Morgan fingerprint density at radius 3 is 2.32 bits per heavy atom. The number of carbonyl (C=O) groups is 3. The first kappa shape index (κ1) is 26.4. The zero-order valence-electron chi connectivity index (χ0n) is 19.0. The Hall–Kier alpha value is -2.61. The summed E-state index contributed by atoms with van der Waals surface area (Å²) in [6.45, 7) is 7.70. The number of rotatable bonds is 12. The Morgan fingerprint density at radius 2 is 1.71 bits per heavy atom. The molecule has 2 atom stereocenters. The second kappa shape index (κ2) is 13.6. The minimum atomic E-state index is -0.993. The lowest BCUT2D eigenvalue weighted by Crippen LogP contribution is -2.38. The van der Waals surface area contributed by atoms with Crippen LogP contribution in [0.3, 0.4) is 0 Å². The van der Waals surface area contributed by atoms with Crippen LogP contribution >= 0.6 is 0 Å². The monoisotopic (exact) mass is 436 g/mol. The van der Waals surface area contributed by atoms with E-state index in [1.54, 1.807) is 27.7 Å². The highest BCUT2D eigenvalue weighted by molar-refractivity contribution is 5.81. The fourth-order valence-corrected chi connectivity index (χ4v) is 2.74. The molecule has 1 aromatic rings. The number of alkyl carbamates (subject to hydrolysis) is 1. The lowest BCUT2D eigenvalue weighted by atomic mass is 10.1. The van der Waals surface area contributed by atoms with Gasteiger partial charge in [0.2, 0.25) is 0 Å².